The number of hydrogen-bond acceptors (Lipinski definition) is 4. The number of rotatable bonds is 6. The van der Waals surface area contributed by atoms with Crippen LogP contribution in [-0.2, 0) is 17.3 Å². The maximum atomic E-state index is 11.7. The van der Waals surface area contributed by atoms with Gasteiger partial charge in [-0.1, -0.05) is 12.1 Å². The van der Waals surface area contributed by atoms with Crippen molar-refractivity contribution in [2.75, 3.05) is 12.8 Å². The Labute approximate surface area is 135 Å². The van der Waals surface area contributed by atoms with Crippen LogP contribution in [0.25, 0.3) is 0 Å². The lowest BCUT2D eigenvalue weighted by Crippen LogP contribution is -2.37. The molecule has 118 valence electrons. The van der Waals surface area contributed by atoms with Crippen LogP contribution in [0.5, 0.6) is 0 Å². The van der Waals surface area contributed by atoms with Crippen molar-refractivity contribution >= 4 is 28.2 Å². The molecular formula is C15H18N2O3S2. The van der Waals surface area contributed by atoms with E-state index in [1.807, 2.05) is 29.0 Å². The van der Waals surface area contributed by atoms with Gasteiger partial charge in [-0.05, 0) is 40.1 Å². The molecule has 0 aliphatic rings. The third kappa shape index (κ3) is 4.94. The lowest BCUT2D eigenvalue weighted by Gasteiger charge is -2.11. The van der Waals surface area contributed by atoms with Gasteiger partial charge in [-0.15, -0.1) is 0 Å². The number of carbonyl (C=O) groups excluding carboxylic acids is 1. The molecule has 22 heavy (non-hydrogen) atoms. The number of amides is 2. The molecule has 0 saturated heterocycles. The summed E-state index contributed by atoms with van der Waals surface area (Å²) in [6.07, 6.45) is 0.926. The van der Waals surface area contributed by atoms with Crippen molar-refractivity contribution in [3.05, 3.63) is 52.2 Å². The molecule has 1 aromatic heterocycles. The van der Waals surface area contributed by atoms with E-state index >= 15 is 0 Å². The minimum absolute atomic E-state index is 0.163. The molecule has 3 N–H and O–H groups in total. The van der Waals surface area contributed by atoms with E-state index in [4.69, 9.17) is 0 Å². The summed E-state index contributed by atoms with van der Waals surface area (Å²) >= 11 is 1.50. The number of thiophene rings is 1. The Morgan fingerprint density at radius 2 is 2.00 bits per heavy atom. The lowest BCUT2D eigenvalue weighted by molar-refractivity contribution is 0.173. The van der Waals surface area contributed by atoms with Crippen LogP contribution < -0.4 is 10.6 Å². The van der Waals surface area contributed by atoms with Crippen LogP contribution in [0, 0.1) is 0 Å². The first-order chi connectivity index (χ1) is 10.6. The van der Waals surface area contributed by atoms with Gasteiger partial charge in [0.1, 0.15) is 0 Å². The molecule has 0 saturated carbocycles. The number of hydrogen-bond donors (Lipinski definition) is 3. The first-order valence-electron chi connectivity index (χ1n) is 6.70. The normalized spacial score (nSPS) is 13.4. The molecule has 0 radical (unpaired) electrons. The number of aliphatic hydroxyl groups is 1. The van der Waals surface area contributed by atoms with Crippen molar-refractivity contribution in [2.45, 2.75) is 17.5 Å². The van der Waals surface area contributed by atoms with Crippen LogP contribution in [0.4, 0.5) is 4.79 Å². The molecule has 2 atom stereocenters. The molecule has 2 rings (SSSR count). The van der Waals surface area contributed by atoms with Crippen LogP contribution in [-0.4, -0.2) is 28.1 Å². The average molecular weight is 338 g/mol. The summed E-state index contributed by atoms with van der Waals surface area (Å²) in [7, 11) is -1.000. The van der Waals surface area contributed by atoms with Crippen molar-refractivity contribution in [1.29, 1.82) is 0 Å². The highest BCUT2D eigenvalue weighted by atomic mass is 32.2. The predicted molar refractivity (Wildman–Crippen MR) is 88.3 cm³/mol. The zero-order valence-electron chi connectivity index (χ0n) is 12.1. The summed E-state index contributed by atoms with van der Waals surface area (Å²) in [5, 5.41) is 18.9. The molecule has 0 fully saturated rings. The van der Waals surface area contributed by atoms with E-state index in [1.54, 1.807) is 18.4 Å². The molecule has 0 spiro atoms. The highest BCUT2D eigenvalue weighted by Gasteiger charge is 2.09. The van der Waals surface area contributed by atoms with Gasteiger partial charge in [0.15, 0.2) is 0 Å². The third-order valence-corrected chi connectivity index (χ3v) is 4.73. The van der Waals surface area contributed by atoms with Gasteiger partial charge >= 0.3 is 6.03 Å². The van der Waals surface area contributed by atoms with Gasteiger partial charge in [-0.3, -0.25) is 4.21 Å². The molecule has 0 aliphatic carbocycles. The SMILES string of the molecule is CS(=O)c1ccc(CNC(=O)NCC(O)c2ccsc2)cc1. The van der Waals surface area contributed by atoms with Crippen molar-refractivity contribution in [3.63, 3.8) is 0 Å². The standard InChI is InChI=1S/C15H18N2O3S2/c1-22(20)13-4-2-11(3-5-13)8-16-15(19)17-9-14(18)12-6-7-21-10-12/h2-7,10,14,18H,8-9H2,1H3,(H2,16,17,19). The molecule has 0 aliphatic heterocycles. The highest BCUT2D eigenvalue weighted by molar-refractivity contribution is 7.84. The zero-order chi connectivity index (χ0) is 15.9. The number of nitrogens with one attached hydrogen (secondary N) is 2. The van der Waals surface area contributed by atoms with Crippen LogP contribution in [0.3, 0.4) is 0 Å². The second kappa shape index (κ2) is 8.07. The molecular weight excluding hydrogens is 320 g/mol. The fourth-order valence-corrected chi connectivity index (χ4v) is 3.04. The molecule has 0 bridgehead atoms. The quantitative estimate of drug-likeness (QED) is 0.754. The predicted octanol–water partition coefficient (Wildman–Crippen LogP) is 2.02. The van der Waals surface area contributed by atoms with E-state index in [0.29, 0.717) is 6.54 Å². The number of carbonyl (C=O) groups is 1. The van der Waals surface area contributed by atoms with Crippen molar-refractivity contribution in [3.8, 4) is 0 Å². The summed E-state index contributed by atoms with van der Waals surface area (Å²) in [6.45, 7) is 0.535. The summed E-state index contributed by atoms with van der Waals surface area (Å²) in [6, 6.07) is 8.72. The van der Waals surface area contributed by atoms with E-state index < -0.39 is 16.9 Å². The van der Waals surface area contributed by atoms with E-state index in [2.05, 4.69) is 10.6 Å². The second-order valence-corrected chi connectivity index (χ2v) is 6.89. The van der Waals surface area contributed by atoms with Crippen molar-refractivity contribution < 1.29 is 14.1 Å². The maximum absolute atomic E-state index is 11.7. The summed E-state index contributed by atoms with van der Waals surface area (Å²) in [5.74, 6) is 0. The number of aliphatic hydroxyl groups excluding tert-OH is 1. The van der Waals surface area contributed by atoms with Crippen LogP contribution in [0.2, 0.25) is 0 Å². The van der Waals surface area contributed by atoms with E-state index in [1.165, 1.54) is 11.3 Å². The minimum Gasteiger partial charge on any atom is -0.387 e. The van der Waals surface area contributed by atoms with Crippen LogP contribution >= 0.6 is 11.3 Å². The smallest absolute Gasteiger partial charge is 0.315 e. The molecule has 5 nitrogen and oxygen atoms in total. The molecule has 2 aromatic rings. The van der Waals surface area contributed by atoms with E-state index in [9.17, 15) is 14.1 Å². The van der Waals surface area contributed by atoms with Crippen LogP contribution in [0.15, 0.2) is 46.0 Å². The van der Waals surface area contributed by atoms with Crippen molar-refractivity contribution in [1.82, 2.24) is 10.6 Å². The Morgan fingerprint density at radius 1 is 1.27 bits per heavy atom. The van der Waals surface area contributed by atoms with Crippen LogP contribution in [0.1, 0.15) is 17.2 Å². The fourth-order valence-electron chi connectivity index (χ4n) is 1.82. The number of benzene rings is 1. The number of urea groups is 1. The Bertz CT molecular complexity index is 627. The Balaban J connectivity index is 1.74. The molecule has 1 heterocycles. The van der Waals surface area contributed by atoms with Gasteiger partial charge in [-0.25, -0.2) is 4.79 Å². The summed E-state index contributed by atoms with van der Waals surface area (Å²) < 4.78 is 11.3. The van der Waals surface area contributed by atoms with Gasteiger partial charge in [0.2, 0.25) is 0 Å². The second-order valence-electron chi connectivity index (χ2n) is 4.73. The van der Waals surface area contributed by atoms with E-state index in [-0.39, 0.29) is 12.6 Å². The molecule has 2 amide bonds. The Morgan fingerprint density at radius 3 is 2.59 bits per heavy atom. The fraction of sp³-hybridized carbons (Fsp3) is 0.267. The maximum Gasteiger partial charge on any atom is 0.315 e. The van der Waals surface area contributed by atoms with Crippen molar-refractivity contribution in [2.24, 2.45) is 0 Å². The first kappa shape index (κ1) is 16.7. The zero-order valence-corrected chi connectivity index (χ0v) is 13.7. The highest BCUT2D eigenvalue weighted by Crippen LogP contribution is 2.14. The largest absolute Gasteiger partial charge is 0.387 e. The lowest BCUT2D eigenvalue weighted by atomic mass is 10.2. The van der Waals surface area contributed by atoms with Gasteiger partial charge in [0, 0.05) is 35.0 Å². The topological polar surface area (TPSA) is 78.4 Å². The molecule has 7 heteroatoms. The first-order valence-corrected chi connectivity index (χ1v) is 9.20. The van der Waals surface area contributed by atoms with Gasteiger partial charge in [-0.2, -0.15) is 11.3 Å². The monoisotopic (exact) mass is 338 g/mol. The molecule has 1 aromatic carbocycles. The minimum atomic E-state index is -1.000. The summed E-state index contributed by atoms with van der Waals surface area (Å²) in [4.78, 5) is 12.4. The van der Waals surface area contributed by atoms with Gasteiger partial charge in [0.05, 0.1) is 6.10 Å². The molecule has 2 unspecified atom stereocenters. The third-order valence-electron chi connectivity index (χ3n) is 3.09. The van der Waals surface area contributed by atoms with Gasteiger partial charge < -0.3 is 15.7 Å². The Hall–Kier alpha value is -1.70. The average Bonchev–Trinajstić information content (AvgIpc) is 3.05. The Kier molecular flexibility index (Phi) is 6.11. The van der Waals surface area contributed by atoms with Gasteiger partial charge in [0.25, 0.3) is 0 Å². The van der Waals surface area contributed by atoms with E-state index in [0.717, 1.165) is 16.0 Å². The summed E-state index contributed by atoms with van der Waals surface area (Å²) in [5.41, 5.74) is 1.72.